The second kappa shape index (κ2) is 7.25. The number of rotatable bonds is 4. The molecule has 8 heteroatoms. The van der Waals surface area contributed by atoms with Gasteiger partial charge in [0.1, 0.15) is 0 Å². The Morgan fingerprint density at radius 1 is 1.38 bits per heavy atom. The molecular weight excluding hydrogens is 330 g/mol. The molecule has 1 fully saturated rings. The number of nitrogens with zero attached hydrogens (tertiary/aromatic N) is 2. The van der Waals surface area contributed by atoms with Crippen LogP contribution >= 0.6 is 12.2 Å². The average Bonchev–Trinajstić information content (AvgIpc) is 2.61. The third-order valence-electron chi connectivity index (χ3n) is 4.05. The minimum atomic E-state index is -0.184. The number of carbonyl (C=O) groups is 1. The number of aromatic amines is 1. The van der Waals surface area contributed by atoms with Gasteiger partial charge < -0.3 is 19.4 Å². The van der Waals surface area contributed by atoms with E-state index in [2.05, 4.69) is 4.98 Å². The molecule has 1 aliphatic heterocycles. The van der Waals surface area contributed by atoms with Crippen molar-refractivity contribution in [2.45, 2.75) is 6.54 Å². The minimum Gasteiger partial charge on any atom is -0.383 e. The number of ether oxygens (including phenoxy) is 2. The van der Waals surface area contributed by atoms with Crippen molar-refractivity contribution in [3.05, 3.63) is 38.9 Å². The highest BCUT2D eigenvalue weighted by atomic mass is 32.1. The molecule has 0 radical (unpaired) electrons. The first-order valence-corrected chi connectivity index (χ1v) is 8.15. The monoisotopic (exact) mass is 349 g/mol. The highest BCUT2D eigenvalue weighted by Gasteiger charge is 2.19. The van der Waals surface area contributed by atoms with Crippen molar-refractivity contribution in [1.29, 1.82) is 0 Å². The number of H-pyrrole nitrogens is 1. The van der Waals surface area contributed by atoms with E-state index in [1.54, 1.807) is 30.2 Å². The molecule has 0 saturated carbocycles. The summed E-state index contributed by atoms with van der Waals surface area (Å²) in [6, 6.07) is 5.03. The van der Waals surface area contributed by atoms with Gasteiger partial charge in [-0.05, 0) is 30.4 Å². The average molecular weight is 349 g/mol. The van der Waals surface area contributed by atoms with E-state index in [9.17, 15) is 9.59 Å². The molecule has 1 aliphatic rings. The molecule has 1 N–H and O–H groups in total. The smallest absolute Gasteiger partial charge is 0.262 e. The van der Waals surface area contributed by atoms with Crippen molar-refractivity contribution in [3.63, 3.8) is 0 Å². The summed E-state index contributed by atoms with van der Waals surface area (Å²) in [5.74, 6) is -0.0666. The molecule has 0 aliphatic carbocycles. The number of fused-ring (bicyclic) bond motifs is 1. The summed E-state index contributed by atoms with van der Waals surface area (Å²) in [5.41, 5.74) is 0.915. The van der Waals surface area contributed by atoms with Crippen LogP contribution in [0.15, 0.2) is 23.0 Å². The van der Waals surface area contributed by atoms with Crippen molar-refractivity contribution >= 4 is 29.0 Å². The van der Waals surface area contributed by atoms with Crippen LogP contribution in [0.2, 0.25) is 0 Å². The highest BCUT2D eigenvalue weighted by molar-refractivity contribution is 7.71. The first-order chi connectivity index (χ1) is 11.6. The standard InChI is InChI=1S/C16H19N3O4S/c1-22-7-6-19-15(21)12-3-2-11(10-13(12)17-16(19)24)14(20)18-4-8-23-9-5-18/h2-3,10H,4-9H2,1H3,(H,17,24). The van der Waals surface area contributed by atoms with Crippen molar-refractivity contribution in [2.75, 3.05) is 40.0 Å². The number of amides is 1. The predicted octanol–water partition coefficient (Wildman–Crippen LogP) is 1.18. The van der Waals surface area contributed by atoms with Crippen LogP contribution in [0.25, 0.3) is 10.9 Å². The van der Waals surface area contributed by atoms with Gasteiger partial charge in [0.2, 0.25) is 0 Å². The van der Waals surface area contributed by atoms with Crippen molar-refractivity contribution in [3.8, 4) is 0 Å². The van der Waals surface area contributed by atoms with Gasteiger partial charge in [-0.25, -0.2) is 0 Å². The summed E-state index contributed by atoms with van der Waals surface area (Å²) in [7, 11) is 1.57. The molecule has 1 amide bonds. The fraction of sp³-hybridized carbons (Fsp3) is 0.438. The van der Waals surface area contributed by atoms with Crippen molar-refractivity contribution in [1.82, 2.24) is 14.5 Å². The number of methoxy groups -OCH3 is 1. The number of aromatic nitrogens is 2. The molecule has 1 aromatic heterocycles. The number of carbonyl (C=O) groups excluding carboxylic acids is 1. The molecule has 24 heavy (non-hydrogen) atoms. The Balaban J connectivity index is 1.98. The molecule has 128 valence electrons. The fourth-order valence-corrected chi connectivity index (χ4v) is 3.01. The zero-order chi connectivity index (χ0) is 17.1. The molecule has 1 saturated heterocycles. The lowest BCUT2D eigenvalue weighted by atomic mass is 10.1. The first kappa shape index (κ1) is 16.8. The van der Waals surface area contributed by atoms with Gasteiger partial charge in [0, 0.05) is 25.8 Å². The Hall–Kier alpha value is -2.03. The summed E-state index contributed by atoms with van der Waals surface area (Å²) in [6.45, 7) is 3.03. The predicted molar refractivity (Wildman–Crippen MR) is 92.0 cm³/mol. The lowest BCUT2D eigenvalue weighted by molar-refractivity contribution is 0.0303. The molecular formula is C16H19N3O4S. The molecule has 7 nitrogen and oxygen atoms in total. The van der Waals surface area contributed by atoms with Crippen LogP contribution in [-0.4, -0.2) is 60.4 Å². The molecule has 0 unspecified atom stereocenters. The van der Waals surface area contributed by atoms with Gasteiger partial charge in [-0.1, -0.05) is 0 Å². The van der Waals surface area contributed by atoms with Crippen LogP contribution in [0.3, 0.4) is 0 Å². The van der Waals surface area contributed by atoms with Crippen LogP contribution in [0, 0.1) is 4.77 Å². The van der Waals surface area contributed by atoms with Crippen LogP contribution in [0.1, 0.15) is 10.4 Å². The van der Waals surface area contributed by atoms with Gasteiger partial charge in [-0.15, -0.1) is 0 Å². The normalized spacial score (nSPS) is 15.0. The molecule has 0 atom stereocenters. The molecule has 2 heterocycles. The fourth-order valence-electron chi connectivity index (χ4n) is 2.72. The van der Waals surface area contributed by atoms with E-state index in [0.29, 0.717) is 60.7 Å². The van der Waals surface area contributed by atoms with Crippen LogP contribution < -0.4 is 5.56 Å². The molecule has 3 rings (SSSR count). The molecule has 2 aromatic rings. The van der Waals surface area contributed by atoms with E-state index in [4.69, 9.17) is 21.7 Å². The first-order valence-electron chi connectivity index (χ1n) is 7.74. The summed E-state index contributed by atoms with van der Waals surface area (Å²) in [6.07, 6.45) is 0. The highest BCUT2D eigenvalue weighted by Crippen LogP contribution is 2.14. The maximum atomic E-state index is 12.6. The SMILES string of the molecule is COCCn1c(=S)[nH]c2cc(C(=O)N3CCOCC3)ccc2c1=O. The van der Waals surface area contributed by atoms with E-state index < -0.39 is 0 Å². The Morgan fingerprint density at radius 3 is 2.83 bits per heavy atom. The lowest BCUT2D eigenvalue weighted by Gasteiger charge is -2.26. The van der Waals surface area contributed by atoms with E-state index in [1.807, 2.05) is 0 Å². The number of morpholine rings is 1. The number of benzene rings is 1. The number of hydrogen-bond donors (Lipinski definition) is 1. The maximum absolute atomic E-state index is 12.6. The zero-order valence-electron chi connectivity index (χ0n) is 13.4. The Kier molecular flexibility index (Phi) is 5.08. The molecule has 0 spiro atoms. The van der Waals surface area contributed by atoms with E-state index >= 15 is 0 Å². The molecule has 0 bridgehead atoms. The van der Waals surface area contributed by atoms with Gasteiger partial charge in [0.05, 0.1) is 37.3 Å². The van der Waals surface area contributed by atoms with Gasteiger partial charge >= 0.3 is 0 Å². The Bertz CT molecular complexity index is 868. The maximum Gasteiger partial charge on any atom is 0.262 e. The Labute approximate surface area is 143 Å². The second-order valence-corrected chi connectivity index (χ2v) is 5.93. The lowest BCUT2D eigenvalue weighted by Crippen LogP contribution is -2.40. The summed E-state index contributed by atoms with van der Waals surface area (Å²) >= 11 is 5.25. The third kappa shape index (κ3) is 3.26. The van der Waals surface area contributed by atoms with Crippen LogP contribution in [0.5, 0.6) is 0 Å². The van der Waals surface area contributed by atoms with Crippen LogP contribution in [-0.2, 0) is 16.0 Å². The topological polar surface area (TPSA) is 76.6 Å². The van der Waals surface area contributed by atoms with Crippen molar-refractivity contribution in [2.24, 2.45) is 0 Å². The Morgan fingerprint density at radius 2 is 2.12 bits per heavy atom. The molecule has 1 aromatic carbocycles. The minimum absolute atomic E-state index is 0.0666. The number of nitrogens with one attached hydrogen (secondary N) is 1. The summed E-state index contributed by atoms with van der Waals surface area (Å²) in [4.78, 5) is 29.9. The van der Waals surface area contributed by atoms with Gasteiger partial charge in [-0.3, -0.25) is 14.2 Å². The van der Waals surface area contributed by atoms with Gasteiger partial charge in [-0.2, -0.15) is 0 Å². The van der Waals surface area contributed by atoms with Crippen LogP contribution in [0.4, 0.5) is 0 Å². The largest absolute Gasteiger partial charge is 0.383 e. The van der Waals surface area contributed by atoms with Crippen molar-refractivity contribution < 1.29 is 14.3 Å². The third-order valence-corrected chi connectivity index (χ3v) is 4.37. The summed E-state index contributed by atoms with van der Waals surface area (Å²) < 4.78 is 12.1. The van der Waals surface area contributed by atoms with Gasteiger partial charge in [0.15, 0.2) is 4.77 Å². The van der Waals surface area contributed by atoms with E-state index in [0.717, 1.165) is 0 Å². The zero-order valence-corrected chi connectivity index (χ0v) is 14.2. The second-order valence-electron chi connectivity index (χ2n) is 5.54. The van der Waals surface area contributed by atoms with E-state index in [-0.39, 0.29) is 11.5 Å². The quantitative estimate of drug-likeness (QED) is 0.839. The van der Waals surface area contributed by atoms with Gasteiger partial charge in [0.25, 0.3) is 11.5 Å². The van der Waals surface area contributed by atoms with E-state index in [1.165, 1.54) is 4.57 Å². The summed E-state index contributed by atoms with van der Waals surface area (Å²) in [5, 5.41) is 0.498. The number of hydrogen-bond acceptors (Lipinski definition) is 5.